The number of aromatic nitrogens is 6. The van der Waals surface area contributed by atoms with Crippen LogP contribution in [0, 0.1) is 0 Å². The lowest BCUT2D eigenvalue weighted by molar-refractivity contribution is -0.241. The number of hydrogen-bond acceptors (Lipinski definition) is 6. The molecule has 0 bridgehead atoms. The van der Waals surface area contributed by atoms with Gasteiger partial charge >= 0.3 is 27.6 Å². The number of aromatic amines is 1. The number of nitrogens with zero attached hydrogens (tertiary/aromatic N) is 5. The van der Waals surface area contributed by atoms with Gasteiger partial charge in [-0.25, -0.2) is 4.68 Å². The van der Waals surface area contributed by atoms with Crippen LogP contribution in [0.2, 0.25) is 0 Å². The molecule has 2 aromatic heterocycles. The molecule has 248 valence electrons. The van der Waals surface area contributed by atoms with Crippen molar-refractivity contribution >= 4 is 15.8 Å². The number of anilines is 1. The minimum absolute atomic E-state index is 0.0102. The zero-order valence-electron chi connectivity index (χ0n) is 24.0. The Labute approximate surface area is 261 Å². The lowest BCUT2D eigenvalue weighted by Gasteiger charge is -2.22. The highest BCUT2D eigenvalue weighted by molar-refractivity contribution is 7.93. The number of hydrogen-bond donors (Lipinski definition) is 2. The number of benzene rings is 3. The molecule has 0 saturated heterocycles. The van der Waals surface area contributed by atoms with Crippen LogP contribution in [-0.4, -0.2) is 50.3 Å². The van der Waals surface area contributed by atoms with Crippen molar-refractivity contribution in [1.29, 1.82) is 0 Å². The van der Waals surface area contributed by atoms with Gasteiger partial charge in [0.15, 0.2) is 0 Å². The molecule has 5 rings (SSSR count). The third-order valence-electron chi connectivity index (χ3n) is 7.05. The SMILES string of the molecule is CCCc1nn(-c2ccccc2C(F)(F)F)c(NS(=O)(=O)C(F)(F)C(F)(F)F)c1Cc1ccc(-c2ccccc2-c2nn[nH]n2)cc1. The van der Waals surface area contributed by atoms with Crippen molar-refractivity contribution < 1.29 is 43.5 Å². The van der Waals surface area contributed by atoms with E-state index in [0.717, 1.165) is 18.2 Å². The van der Waals surface area contributed by atoms with E-state index in [2.05, 4.69) is 25.7 Å². The summed E-state index contributed by atoms with van der Waals surface area (Å²) in [6, 6.07) is 17.3. The maximum atomic E-state index is 14.3. The molecule has 47 heavy (non-hydrogen) atoms. The van der Waals surface area contributed by atoms with E-state index in [1.165, 1.54) is 4.72 Å². The van der Waals surface area contributed by atoms with Gasteiger partial charge in [-0.1, -0.05) is 74.0 Å². The topological polar surface area (TPSA) is 118 Å². The molecule has 0 fully saturated rings. The minimum atomic E-state index is -6.60. The number of aryl methyl sites for hydroxylation is 1. The second-order valence-corrected chi connectivity index (χ2v) is 11.9. The first-order valence-corrected chi connectivity index (χ1v) is 15.2. The average Bonchev–Trinajstić information content (AvgIpc) is 3.66. The van der Waals surface area contributed by atoms with Crippen molar-refractivity contribution in [3.8, 4) is 28.2 Å². The Kier molecular flexibility index (Phi) is 8.83. The number of halogens is 8. The molecule has 0 amide bonds. The summed E-state index contributed by atoms with van der Waals surface area (Å²) in [4.78, 5) is 0. The predicted octanol–water partition coefficient (Wildman–Crippen LogP) is 7.18. The van der Waals surface area contributed by atoms with Crippen LogP contribution >= 0.6 is 0 Å². The molecule has 0 spiro atoms. The Morgan fingerprint density at radius 1 is 0.851 bits per heavy atom. The van der Waals surface area contributed by atoms with Crippen molar-refractivity contribution in [3.63, 3.8) is 0 Å². The highest BCUT2D eigenvalue weighted by Crippen LogP contribution is 2.42. The molecule has 0 aliphatic carbocycles. The van der Waals surface area contributed by atoms with Crippen LogP contribution < -0.4 is 4.72 Å². The van der Waals surface area contributed by atoms with Gasteiger partial charge in [-0.2, -0.15) is 53.9 Å². The standard InChI is InChI=1S/C29H23F8N7O2S/c1-2-7-23-21(16-17-12-14-18(15-13-17)19-8-3-4-9-20(19)25-38-42-43-39-25)26(41-47(45,46)29(36,37)28(33,34)35)44(40-23)24-11-6-5-10-22(24)27(30,31)32/h3-6,8-15,41H,2,7,16H2,1H3,(H,38,39,42,43). The zero-order valence-corrected chi connectivity index (χ0v) is 24.9. The molecule has 9 nitrogen and oxygen atoms in total. The van der Waals surface area contributed by atoms with Gasteiger partial charge in [0.05, 0.1) is 16.9 Å². The summed E-state index contributed by atoms with van der Waals surface area (Å²) in [5.41, 5.74) is 0.0973. The van der Waals surface area contributed by atoms with Gasteiger partial charge in [-0.3, -0.25) is 4.72 Å². The summed E-state index contributed by atoms with van der Waals surface area (Å²) in [7, 11) is -6.60. The maximum absolute atomic E-state index is 14.3. The number of sulfonamides is 1. The number of rotatable bonds is 10. The Bertz CT molecular complexity index is 1970. The van der Waals surface area contributed by atoms with Crippen molar-refractivity contribution in [1.82, 2.24) is 30.4 Å². The van der Waals surface area contributed by atoms with Crippen molar-refractivity contribution in [3.05, 3.63) is 95.2 Å². The molecular formula is C29H23F8N7O2S. The third kappa shape index (κ3) is 6.54. The largest absolute Gasteiger partial charge is 0.471 e. The van der Waals surface area contributed by atoms with Gasteiger partial charge < -0.3 is 0 Å². The summed E-state index contributed by atoms with van der Waals surface area (Å²) in [6.45, 7) is 1.67. The Hall–Kier alpha value is -4.87. The lowest BCUT2D eigenvalue weighted by Crippen LogP contribution is -2.47. The van der Waals surface area contributed by atoms with E-state index >= 15 is 0 Å². The number of alkyl halides is 8. The van der Waals surface area contributed by atoms with Gasteiger partial charge in [0.25, 0.3) is 0 Å². The number of tetrazole rings is 1. The summed E-state index contributed by atoms with van der Waals surface area (Å²) >= 11 is 0. The molecule has 0 radical (unpaired) electrons. The average molecular weight is 686 g/mol. The first-order chi connectivity index (χ1) is 22.0. The Balaban J connectivity index is 1.64. The first-order valence-electron chi connectivity index (χ1n) is 13.7. The Morgan fingerprint density at radius 3 is 2.09 bits per heavy atom. The predicted molar refractivity (Wildman–Crippen MR) is 154 cm³/mol. The van der Waals surface area contributed by atoms with Crippen LogP contribution in [0.4, 0.5) is 40.9 Å². The van der Waals surface area contributed by atoms with Gasteiger partial charge in [0.1, 0.15) is 5.82 Å². The van der Waals surface area contributed by atoms with Crippen LogP contribution in [-0.2, 0) is 29.0 Å². The van der Waals surface area contributed by atoms with E-state index in [1.54, 1.807) is 55.5 Å². The van der Waals surface area contributed by atoms with E-state index < -0.39 is 44.7 Å². The van der Waals surface area contributed by atoms with Crippen LogP contribution in [0.3, 0.4) is 0 Å². The molecule has 0 saturated carbocycles. The molecule has 0 atom stereocenters. The van der Waals surface area contributed by atoms with E-state index in [4.69, 9.17) is 0 Å². The minimum Gasteiger partial charge on any atom is -0.262 e. The first kappa shape index (κ1) is 33.5. The fourth-order valence-electron chi connectivity index (χ4n) is 4.85. The van der Waals surface area contributed by atoms with Crippen molar-refractivity contribution in [2.45, 2.75) is 43.8 Å². The van der Waals surface area contributed by atoms with Gasteiger partial charge in [-0.05, 0) is 40.5 Å². The fraction of sp³-hybridized carbons (Fsp3) is 0.241. The van der Waals surface area contributed by atoms with Crippen LogP contribution in [0.25, 0.3) is 28.2 Å². The van der Waals surface area contributed by atoms with E-state index in [9.17, 15) is 43.5 Å². The number of H-pyrrole nitrogens is 1. The summed E-state index contributed by atoms with van der Waals surface area (Å²) in [5, 5.41) is 11.7. The smallest absolute Gasteiger partial charge is 0.262 e. The monoisotopic (exact) mass is 685 g/mol. The maximum Gasteiger partial charge on any atom is 0.471 e. The Morgan fingerprint density at radius 2 is 1.49 bits per heavy atom. The van der Waals surface area contributed by atoms with Crippen LogP contribution in [0.1, 0.15) is 35.7 Å². The summed E-state index contributed by atoms with van der Waals surface area (Å²) in [6.07, 6.45) is -11.5. The molecule has 3 aromatic carbocycles. The molecular weight excluding hydrogens is 662 g/mol. The molecule has 2 heterocycles. The molecule has 5 aromatic rings. The summed E-state index contributed by atoms with van der Waals surface area (Å²) < 4.78 is 137. The van der Waals surface area contributed by atoms with Gasteiger partial charge in [-0.15, -0.1) is 10.2 Å². The highest BCUT2D eigenvalue weighted by atomic mass is 32.2. The number of para-hydroxylation sites is 1. The second kappa shape index (κ2) is 12.4. The van der Waals surface area contributed by atoms with E-state index in [0.29, 0.717) is 45.2 Å². The van der Waals surface area contributed by atoms with Crippen molar-refractivity contribution in [2.75, 3.05) is 4.72 Å². The van der Waals surface area contributed by atoms with E-state index in [-0.39, 0.29) is 24.1 Å². The van der Waals surface area contributed by atoms with E-state index in [1.807, 2.05) is 0 Å². The highest BCUT2D eigenvalue weighted by Gasteiger charge is 2.68. The zero-order chi connectivity index (χ0) is 34.2. The van der Waals surface area contributed by atoms with Gasteiger partial charge in [0.2, 0.25) is 5.82 Å². The molecule has 0 aliphatic rings. The fourth-order valence-corrected chi connectivity index (χ4v) is 5.75. The lowest BCUT2D eigenvalue weighted by atomic mass is 9.96. The number of nitrogens with one attached hydrogen (secondary N) is 2. The molecule has 18 heteroatoms. The van der Waals surface area contributed by atoms with Gasteiger partial charge in [0, 0.05) is 17.5 Å². The normalized spacial score (nSPS) is 12.8. The third-order valence-corrected chi connectivity index (χ3v) is 8.42. The molecule has 2 N–H and O–H groups in total. The quantitative estimate of drug-likeness (QED) is 0.151. The van der Waals surface area contributed by atoms with Crippen LogP contribution in [0.5, 0.6) is 0 Å². The second-order valence-electron chi connectivity index (χ2n) is 10.2. The molecule has 0 aliphatic heterocycles. The summed E-state index contributed by atoms with van der Waals surface area (Å²) in [5.74, 6) is -0.673. The molecule has 0 unspecified atom stereocenters. The van der Waals surface area contributed by atoms with Crippen LogP contribution in [0.15, 0.2) is 72.8 Å². The van der Waals surface area contributed by atoms with Crippen molar-refractivity contribution in [2.24, 2.45) is 0 Å².